The van der Waals surface area contributed by atoms with Crippen LogP contribution in [-0.2, 0) is 14.6 Å². The number of sulfone groups is 1. The molecule has 0 saturated heterocycles. The Balaban J connectivity index is 1.59. The maximum absolute atomic E-state index is 12.2. The Morgan fingerprint density at radius 3 is 2.64 bits per heavy atom. The predicted molar refractivity (Wildman–Crippen MR) is 96.3 cm³/mol. The molecule has 0 aliphatic carbocycles. The van der Waals surface area contributed by atoms with Crippen molar-refractivity contribution < 1.29 is 17.6 Å². The number of anilines is 1. The van der Waals surface area contributed by atoms with Gasteiger partial charge in [0.15, 0.2) is 20.7 Å². The molecule has 1 N–H and O–H groups in total. The number of furan rings is 1. The number of amides is 1. The molecule has 0 radical (unpaired) electrons. The van der Waals surface area contributed by atoms with Crippen molar-refractivity contribution in [2.45, 2.75) is 18.2 Å². The van der Waals surface area contributed by atoms with Crippen LogP contribution < -0.4 is 5.32 Å². The summed E-state index contributed by atoms with van der Waals surface area (Å²) in [6.45, 7) is 1.84. The summed E-state index contributed by atoms with van der Waals surface area (Å²) in [5.74, 6) is 0.759. The zero-order chi connectivity index (χ0) is 17.9. The molecule has 2 heterocycles. The van der Waals surface area contributed by atoms with Gasteiger partial charge in [0.05, 0.1) is 10.6 Å². The van der Waals surface area contributed by atoms with E-state index in [-0.39, 0.29) is 17.1 Å². The van der Waals surface area contributed by atoms with Crippen molar-refractivity contribution in [3.05, 3.63) is 53.6 Å². The third-order valence-corrected chi connectivity index (χ3v) is 5.93. The molecule has 0 atom stereocenters. The molecule has 0 spiro atoms. The molecule has 8 heteroatoms. The molecule has 0 bridgehead atoms. The van der Waals surface area contributed by atoms with Crippen LogP contribution >= 0.6 is 11.3 Å². The summed E-state index contributed by atoms with van der Waals surface area (Å²) in [6.07, 6.45) is -0.133. The minimum Gasteiger partial charge on any atom is -0.460 e. The van der Waals surface area contributed by atoms with Crippen molar-refractivity contribution in [2.24, 2.45) is 0 Å². The summed E-state index contributed by atoms with van der Waals surface area (Å²) in [5, 5.41) is 4.81. The van der Waals surface area contributed by atoms with Gasteiger partial charge in [-0.3, -0.25) is 4.79 Å². The summed E-state index contributed by atoms with van der Waals surface area (Å²) >= 11 is 1.26. The van der Waals surface area contributed by atoms with E-state index in [2.05, 4.69) is 10.3 Å². The van der Waals surface area contributed by atoms with Crippen molar-refractivity contribution in [3.8, 4) is 11.5 Å². The maximum Gasteiger partial charge on any atom is 0.227 e. The number of carbonyl (C=O) groups is 1. The second-order valence-electron chi connectivity index (χ2n) is 5.38. The monoisotopic (exact) mass is 376 g/mol. The Morgan fingerprint density at radius 1 is 1.20 bits per heavy atom. The average Bonchev–Trinajstić information content (AvgIpc) is 3.23. The number of nitrogens with zero attached hydrogens (tertiary/aromatic N) is 1. The number of aromatic nitrogens is 1. The number of hydrogen-bond donors (Lipinski definition) is 1. The highest BCUT2D eigenvalue weighted by atomic mass is 32.2. The summed E-state index contributed by atoms with van der Waals surface area (Å²) in [7, 11) is -3.48. The van der Waals surface area contributed by atoms with E-state index in [4.69, 9.17) is 4.42 Å². The van der Waals surface area contributed by atoms with Crippen LogP contribution in [0.3, 0.4) is 0 Å². The van der Waals surface area contributed by atoms with Gasteiger partial charge in [-0.15, -0.1) is 11.3 Å². The van der Waals surface area contributed by atoms with E-state index < -0.39 is 15.7 Å². The Bertz CT molecular complexity index is 975. The molecule has 0 aliphatic heterocycles. The van der Waals surface area contributed by atoms with Crippen LogP contribution in [0.5, 0.6) is 0 Å². The fourth-order valence-corrected chi connectivity index (χ4v) is 4.15. The number of rotatable bonds is 6. The topological polar surface area (TPSA) is 89.3 Å². The van der Waals surface area contributed by atoms with Crippen molar-refractivity contribution >= 4 is 32.2 Å². The SMILES string of the molecule is Cc1ccc(-c2csc(NC(=O)CCS(=O)(=O)c3ccccc3)n2)o1. The van der Waals surface area contributed by atoms with E-state index in [0.717, 1.165) is 5.76 Å². The third-order valence-electron chi connectivity index (χ3n) is 3.44. The second kappa shape index (κ2) is 7.20. The minimum absolute atomic E-state index is 0.133. The highest BCUT2D eigenvalue weighted by Crippen LogP contribution is 2.26. The summed E-state index contributed by atoms with van der Waals surface area (Å²) in [5.41, 5.74) is 0.630. The first kappa shape index (κ1) is 17.4. The number of carbonyl (C=O) groups excluding carboxylic acids is 1. The van der Waals surface area contributed by atoms with Crippen molar-refractivity contribution in [1.29, 1.82) is 0 Å². The Morgan fingerprint density at radius 2 is 1.96 bits per heavy atom. The lowest BCUT2D eigenvalue weighted by Gasteiger charge is -2.04. The molecule has 3 rings (SSSR count). The van der Waals surface area contributed by atoms with E-state index in [1.807, 2.05) is 19.1 Å². The van der Waals surface area contributed by atoms with Crippen LogP contribution in [0.2, 0.25) is 0 Å². The van der Waals surface area contributed by atoms with E-state index >= 15 is 0 Å². The molecular weight excluding hydrogens is 360 g/mol. The van der Waals surface area contributed by atoms with Gasteiger partial charge in [-0.1, -0.05) is 18.2 Å². The number of benzene rings is 1. The zero-order valence-corrected chi connectivity index (χ0v) is 15.1. The van der Waals surface area contributed by atoms with Gasteiger partial charge >= 0.3 is 0 Å². The predicted octanol–water partition coefficient (Wildman–Crippen LogP) is 3.51. The van der Waals surface area contributed by atoms with Crippen LogP contribution in [0.15, 0.2) is 57.2 Å². The van der Waals surface area contributed by atoms with E-state index in [1.54, 1.807) is 23.6 Å². The molecule has 1 amide bonds. The van der Waals surface area contributed by atoms with E-state index in [1.165, 1.54) is 23.5 Å². The minimum atomic E-state index is -3.48. The normalized spacial score (nSPS) is 11.4. The Hall–Kier alpha value is -2.45. The standard InChI is InChI=1S/C17H16N2O4S2/c1-12-7-8-15(23-12)14-11-24-17(18-14)19-16(20)9-10-25(21,22)13-5-3-2-4-6-13/h2-8,11H,9-10H2,1H3,(H,18,19,20). The average molecular weight is 376 g/mol. The molecule has 25 heavy (non-hydrogen) atoms. The first-order chi connectivity index (χ1) is 11.9. The molecule has 0 aliphatic rings. The Kier molecular flexibility index (Phi) is 5.00. The van der Waals surface area contributed by atoms with Crippen molar-refractivity contribution in [1.82, 2.24) is 4.98 Å². The molecule has 1 aromatic carbocycles. The smallest absolute Gasteiger partial charge is 0.227 e. The van der Waals surface area contributed by atoms with Gasteiger partial charge in [-0.2, -0.15) is 0 Å². The van der Waals surface area contributed by atoms with Gasteiger partial charge in [0.2, 0.25) is 5.91 Å². The largest absolute Gasteiger partial charge is 0.460 e. The summed E-state index contributed by atoms with van der Waals surface area (Å²) in [4.78, 5) is 16.5. The van der Waals surface area contributed by atoms with Gasteiger partial charge < -0.3 is 9.73 Å². The maximum atomic E-state index is 12.2. The first-order valence-corrected chi connectivity index (χ1v) is 10.1. The van der Waals surface area contributed by atoms with Crippen molar-refractivity contribution in [3.63, 3.8) is 0 Å². The molecule has 0 fully saturated rings. The highest BCUT2D eigenvalue weighted by molar-refractivity contribution is 7.91. The lowest BCUT2D eigenvalue weighted by Crippen LogP contribution is -2.17. The molecule has 2 aromatic heterocycles. The quantitative estimate of drug-likeness (QED) is 0.711. The number of hydrogen-bond acceptors (Lipinski definition) is 6. The van der Waals surface area contributed by atoms with Gasteiger partial charge in [0.1, 0.15) is 11.5 Å². The van der Waals surface area contributed by atoms with Gasteiger partial charge in [-0.05, 0) is 31.2 Å². The van der Waals surface area contributed by atoms with Crippen LogP contribution in [0.4, 0.5) is 5.13 Å². The Labute approximate surface area is 149 Å². The fourth-order valence-electron chi connectivity index (χ4n) is 2.17. The number of thiazole rings is 1. The molecular formula is C17H16N2O4S2. The second-order valence-corrected chi connectivity index (χ2v) is 8.35. The number of nitrogens with one attached hydrogen (secondary N) is 1. The van der Waals surface area contributed by atoms with Crippen molar-refractivity contribution in [2.75, 3.05) is 11.1 Å². The molecule has 6 nitrogen and oxygen atoms in total. The lowest BCUT2D eigenvalue weighted by molar-refractivity contribution is -0.115. The highest BCUT2D eigenvalue weighted by Gasteiger charge is 2.17. The van der Waals surface area contributed by atoms with Crippen LogP contribution in [0.25, 0.3) is 11.5 Å². The van der Waals surface area contributed by atoms with Gasteiger partial charge in [0, 0.05) is 11.8 Å². The zero-order valence-electron chi connectivity index (χ0n) is 13.4. The van der Waals surface area contributed by atoms with Crippen LogP contribution in [0, 0.1) is 6.92 Å². The first-order valence-electron chi connectivity index (χ1n) is 7.54. The number of aryl methyl sites for hydroxylation is 1. The summed E-state index contributed by atoms with van der Waals surface area (Å²) < 4.78 is 29.8. The van der Waals surface area contributed by atoms with E-state index in [0.29, 0.717) is 16.6 Å². The van der Waals surface area contributed by atoms with Gasteiger partial charge in [-0.25, -0.2) is 13.4 Å². The third kappa shape index (κ3) is 4.34. The molecule has 130 valence electrons. The lowest BCUT2D eigenvalue weighted by atomic mass is 10.4. The molecule has 0 unspecified atom stereocenters. The molecule has 3 aromatic rings. The van der Waals surface area contributed by atoms with E-state index in [9.17, 15) is 13.2 Å². The van der Waals surface area contributed by atoms with Gasteiger partial charge in [0.25, 0.3) is 0 Å². The molecule has 0 saturated carbocycles. The fraction of sp³-hybridized carbons (Fsp3) is 0.176. The van der Waals surface area contributed by atoms with Crippen LogP contribution in [0.1, 0.15) is 12.2 Å². The summed E-state index contributed by atoms with van der Waals surface area (Å²) in [6, 6.07) is 11.7. The van der Waals surface area contributed by atoms with Crippen LogP contribution in [-0.4, -0.2) is 25.1 Å².